The quantitative estimate of drug-likeness (QED) is 0.905. The molecule has 1 aromatic carbocycles. The summed E-state index contributed by atoms with van der Waals surface area (Å²) >= 11 is 0. The van der Waals surface area contributed by atoms with Crippen LogP contribution in [0.15, 0.2) is 18.2 Å². The molecule has 0 radical (unpaired) electrons. The summed E-state index contributed by atoms with van der Waals surface area (Å²) in [6, 6.07) is 6.07. The van der Waals surface area contributed by atoms with Gasteiger partial charge in [-0.1, -0.05) is 6.07 Å². The highest BCUT2D eigenvalue weighted by atomic mass is 16.5. The molecule has 0 aromatic heterocycles. The number of nitrogens with zero attached hydrogens (tertiary/aromatic N) is 1. The number of likely N-dealkylation sites (N-methyl/N-ethyl adjacent to an activating group) is 1. The van der Waals surface area contributed by atoms with Gasteiger partial charge in [0.2, 0.25) is 0 Å². The number of carbonyl (C=O) groups excluding carboxylic acids is 1. The fourth-order valence-electron chi connectivity index (χ4n) is 2.51. The van der Waals surface area contributed by atoms with Gasteiger partial charge < -0.3 is 15.4 Å². The summed E-state index contributed by atoms with van der Waals surface area (Å²) in [5, 5.41) is 0. The second-order valence-corrected chi connectivity index (χ2v) is 5.35. The summed E-state index contributed by atoms with van der Waals surface area (Å²) in [7, 11) is 3.45. The number of aryl methyl sites for hydroxylation is 1. The summed E-state index contributed by atoms with van der Waals surface area (Å²) in [4.78, 5) is 13.3. The number of amides is 1. The predicted octanol–water partition coefficient (Wildman–Crippen LogP) is 1.88. The molecule has 0 fully saturated rings. The van der Waals surface area contributed by atoms with E-state index in [0.717, 1.165) is 30.6 Å². The molecule has 104 valence electrons. The molecular weight excluding hydrogens is 240 g/mol. The molecule has 0 saturated carbocycles. The topological polar surface area (TPSA) is 55.6 Å². The first-order valence-corrected chi connectivity index (χ1v) is 6.75. The van der Waals surface area contributed by atoms with Gasteiger partial charge in [0.05, 0.1) is 0 Å². The SMILES string of the molecule is CC(Oc1ccc2c(c1)[C@@H](N)CCC2)C(=O)N(C)C. The maximum atomic E-state index is 11.8. The molecule has 2 rings (SSSR count). The van der Waals surface area contributed by atoms with Crippen molar-refractivity contribution in [3.8, 4) is 5.75 Å². The van der Waals surface area contributed by atoms with Gasteiger partial charge in [-0.05, 0) is 49.4 Å². The first-order chi connectivity index (χ1) is 8.99. The second-order valence-electron chi connectivity index (χ2n) is 5.35. The molecular formula is C15H22N2O2. The van der Waals surface area contributed by atoms with E-state index in [2.05, 4.69) is 6.07 Å². The van der Waals surface area contributed by atoms with E-state index in [1.807, 2.05) is 12.1 Å². The van der Waals surface area contributed by atoms with E-state index < -0.39 is 6.10 Å². The Kier molecular flexibility index (Phi) is 4.10. The fourth-order valence-corrected chi connectivity index (χ4v) is 2.51. The van der Waals surface area contributed by atoms with Gasteiger partial charge in [0, 0.05) is 20.1 Å². The molecule has 0 heterocycles. The maximum Gasteiger partial charge on any atom is 0.262 e. The van der Waals surface area contributed by atoms with Crippen LogP contribution in [0.2, 0.25) is 0 Å². The number of nitrogens with two attached hydrogens (primary N) is 1. The summed E-state index contributed by atoms with van der Waals surface area (Å²) in [5.41, 5.74) is 8.59. The van der Waals surface area contributed by atoms with Crippen molar-refractivity contribution in [3.05, 3.63) is 29.3 Å². The molecule has 1 amide bonds. The van der Waals surface area contributed by atoms with Crippen molar-refractivity contribution in [1.82, 2.24) is 4.90 Å². The van der Waals surface area contributed by atoms with Gasteiger partial charge in [0.15, 0.2) is 6.10 Å². The van der Waals surface area contributed by atoms with Gasteiger partial charge in [-0.15, -0.1) is 0 Å². The fraction of sp³-hybridized carbons (Fsp3) is 0.533. The van der Waals surface area contributed by atoms with Crippen molar-refractivity contribution in [2.24, 2.45) is 5.73 Å². The summed E-state index contributed by atoms with van der Waals surface area (Å²) < 4.78 is 5.71. The average Bonchev–Trinajstić information content (AvgIpc) is 2.38. The van der Waals surface area contributed by atoms with Crippen LogP contribution in [-0.4, -0.2) is 31.0 Å². The lowest BCUT2D eigenvalue weighted by molar-refractivity contribution is -0.135. The third-order valence-corrected chi connectivity index (χ3v) is 3.58. The van der Waals surface area contributed by atoms with Crippen LogP contribution in [0.5, 0.6) is 5.75 Å². The summed E-state index contributed by atoms with van der Waals surface area (Å²) in [5.74, 6) is 0.681. The normalized spacial score (nSPS) is 19.5. The molecule has 2 atom stereocenters. The summed E-state index contributed by atoms with van der Waals surface area (Å²) in [6.07, 6.45) is 2.76. The monoisotopic (exact) mass is 262 g/mol. The molecule has 1 aliphatic rings. The van der Waals surface area contributed by atoms with E-state index in [9.17, 15) is 4.79 Å². The molecule has 0 spiro atoms. The molecule has 4 nitrogen and oxygen atoms in total. The van der Waals surface area contributed by atoms with Crippen molar-refractivity contribution >= 4 is 5.91 Å². The lowest BCUT2D eigenvalue weighted by Gasteiger charge is -2.24. The first-order valence-electron chi connectivity index (χ1n) is 6.75. The van der Waals surface area contributed by atoms with Crippen molar-refractivity contribution in [2.45, 2.75) is 38.3 Å². The number of carbonyl (C=O) groups is 1. The number of fused-ring (bicyclic) bond motifs is 1. The molecule has 0 saturated heterocycles. The number of hydrogen-bond donors (Lipinski definition) is 1. The van der Waals surface area contributed by atoms with Crippen molar-refractivity contribution in [3.63, 3.8) is 0 Å². The summed E-state index contributed by atoms with van der Waals surface area (Å²) in [6.45, 7) is 1.77. The van der Waals surface area contributed by atoms with Crippen LogP contribution < -0.4 is 10.5 Å². The molecule has 2 N–H and O–H groups in total. The Hall–Kier alpha value is -1.55. The largest absolute Gasteiger partial charge is 0.481 e. The molecule has 4 heteroatoms. The number of ether oxygens (including phenoxy) is 1. The Morgan fingerprint density at radius 3 is 2.89 bits per heavy atom. The minimum atomic E-state index is -0.479. The zero-order chi connectivity index (χ0) is 14.0. The molecule has 1 aliphatic carbocycles. The van der Waals surface area contributed by atoms with E-state index in [1.165, 1.54) is 10.5 Å². The van der Waals surface area contributed by atoms with Crippen LogP contribution in [0.1, 0.15) is 36.9 Å². The maximum absolute atomic E-state index is 11.8. The zero-order valence-electron chi connectivity index (χ0n) is 11.8. The highest BCUT2D eigenvalue weighted by Gasteiger charge is 2.20. The Balaban J connectivity index is 2.14. The highest BCUT2D eigenvalue weighted by molar-refractivity contribution is 5.80. The molecule has 1 aromatic rings. The van der Waals surface area contributed by atoms with Gasteiger partial charge in [-0.3, -0.25) is 4.79 Å². The van der Waals surface area contributed by atoms with Gasteiger partial charge in [0.1, 0.15) is 5.75 Å². The van der Waals surface area contributed by atoms with Crippen LogP contribution in [0.3, 0.4) is 0 Å². The predicted molar refractivity (Wildman–Crippen MR) is 75.1 cm³/mol. The van der Waals surface area contributed by atoms with E-state index in [-0.39, 0.29) is 11.9 Å². The Bertz CT molecular complexity index is 471. The Labute approximate surface area is 114 Å². The Morgan fingerprint density at radius 2 is 2.21 bits per heavy atom. The smallest absolute Gasteiger partial charge is 0.262 e. The van der Waals surface area contributed by atoms with Gasteiger partial charge in [-0.2, -0.15) is 0 Å². The van der Waals surface area contributed by atoms with Gasteiger partial charge in [-0.25, -0.2) is 0 Å². The molecule has 19 heavy (non-hydrogen) atoms. The van der Waals surface area contributed by atoms with E-state index >= 15 is 0 Å². The van der Waals surface area contributed by atoms with E-state index in [4.69, 9.17) is 10.5 Å². The number of hydrogen-bond acceptors (Lipinski definition) is 3. The van der Waals surface area contributed by atoms with E-state index in [0.29, 0.717) is 0 Å². The number of benzene rings is 1. The van der Waals surface area contributed by atoms with Crippen molar-refractivity contribution < 1.29 is 9.53 Å². The van der Waals surface area contributed by atoms with Crippen LogP contribution >= 0.6 is 0 Å². The van der Waals surface area contributed by atoms with Crippen molar-refractivity contribution in [2.75, 3.05) is 14.1 Å². The lowest BCUT2D eigenvalue weighted by atomic mass is 9.88. The first kappa shape index (κ1) is 13.9. The minimum Gasteiger partial charge on any atom is -0.481 e. The van der Waals surface area contributed by atoms with Crippen LogP contribution in [0.4, 0.5) is 0 Å². The minimum absolute atomic E-state index is 0.0398. The zero-order valence-corrected chi connectivity index (χ0v) is 11.8. The molecule has 1 unspecified atom stereocenters. The van der Waals surface area contributed by atoms with Crippen LogP contribution in [-0.2, 0) is 11.2 Å². The average molecular weight is 262 g/mol. The highest BCUT2D eigenvalue weighted by Crippen LogP contribution is 2.31. The van der Waals surface area contributed by atoms with Gasteiger partial charge in [0.25, 0.3) is 5.91 Å². The third kappa shape index (κ3) is 3.07. The van der Waals surface area contributed by atoms with E-state index in [1.54, 1.807) is 21.0 Å². The van der Waals surface area contributed by atoms with Crippen LogP contribution in [0.25, 0.3) is 0 Å². The number of rotatable bonds is 3. The molecule has 0 aliphatic heterocycles. The van der Waals surface area contributed by atoms with Gasteiger partial charge >= 0.3 is 0 Å². The Morgan fingerprint density at radius 1 is 1.47 bits per heavy atom. The third-order valence-electron chi connectivity index (χ3n) is 3.58. The molecule has 0 bridgehead atoms. The standard InChI is InChI=1S/C15H22N2O2/c1-10(15(18)17(2)3)19-12-8-7-11-5-4-6-14(16)13(11)9-12/h7-10,14H,4-6,16H2,1-3H3/t10?,14-/m0/s1. The van der Waals surface area contributed by atoms with Crippen LogP contribution in [0, 0.1) is 0 Å². The lowest BCUT2D eigenvalue weighted by Crippen LogP contribution is -2.35. The van der Waals surface area contributed by atoms with Crippen molar-refractivity contribution in [1.29, 1.82) is 0 Å². The second kappa shape index (κ2) is 5.61.